The second kappa shape index (κ2) is 3.96. The predicted octanol–water partition coefficient (Wildman–Crippen LogP) is 0.979. The fourth-order valence-corrected chi connectivity index (χ4v) is 4.46. The van der Waals surface area contributed by atoms with Crippen molar-refractivity contribution >= 4 is 10.0 Å². The first kappa shape index (κ1) is 11.0. The molecule has 4 nitrogen and oxygen atoms in total. The average Bonchev–Trinajstić information content (AvgIpc) is 3.12. The number of hydrogen-bond acceptors (Lipinski definition) is 3. The van der Waals surface area contributed by atoms with Crippen LogP contribution in [-0.4, -0.2) is 43.8 Å². The standard InChI is InChI=1S/C11H19NO3S/c13-16(14,11-3-4-11)12-5-6-15-8-10(12)7-9-1-2-9/h9-11H,1-8H2. The number of nitrogens with zero attached hydrogens (tertiary/aromatic N) is 1. The summed E-state index contributed by atoms with van der Waals surface area (Å²) in [6.45, 7) is 1.73. The molecule has 2 saturated carbocycles. The molecule has 2 aliphatic carbocycles. The van der Waals surface area contributed by atoms with E-state index in [1.807, 2.05) is 0 Å². The molecule has 1 unspecified atom stereocenters. The maximum atomic E-state index is 12.2. The molecule has 0 radical (unpaired) electrons. The van der Waals surface area contributed by atoms with Gasteiger partial charge in [0.1, 0.15) is 0 Å². The number of morpholine rings is 1. The monoisotopic (exact) mass is 245 g/mol. The average molecular weight is 245 g/mol. The molecule has 0 spiro atoms. The zero-order valence-electron chi connectivity index (χ0n) is 9.47. The summed E-state index contributed by atoms with van der Waals surface area (Å²) in [6.07, 6.45) is 5.26. The first-order valence-corrected chi connectivity index (χ1v) is 7.76. The third-order valence-corrected chi connectivity index (χ3v) is 6.20. The Morgan fingerprint density at radius 3 is 2.56 bits per heavy atom. The van der Waals surface area contributed by atoms with E-state index in [0.717, 1.165) is 25.2 Å². The second-order valence-corrected chi connectivity index (χ2v) is 7.43. The maximum absolute atomic E-state index is 12.2. The fraction of sp³-hybridized carbons (Fsp3) is 1.00. The van der Waals surface area contributed by atoms with Gasteiger partial charge in [0.2, 0.25) is 10.0 Å². The fourth-order valence-electron chi connectivity index (χ4n) is 2.46. The van der Waals surface area contributed by atoms with E-state index in [0.29, 0.717) is 19.8 Å². The summed E-state index contributed by atoms with van der Waals surface area (Å²) in [6, 6.07) is 0.117. The van der Waals surface area contributed by atoms with Crippen molar-refractivity contribution in [2.75, 3.05) is 19.8 Å². The van der Waals surface area contributed by atoms with E-state index in [1.165, 1.54) is 12.8 Å². The Hall–Kier alpha value is -0.130. The Bertz CT molecular complexity index is 359. The smallest absolute Gasteiger partial charge is 0.217 e. The van der Waals surface area contributed by atoms with E-state index in [1.54, 1.807) is 4.31 Å². The lowest BCUT2D eigenvalue weighted by atomic mass is 10.1. The molecule has 3 aliphatic rings. The molecule has 0 aromatic carbocycles. The quantitative estimate of drug-likeness (QED) is 0.741. The Labute approximate surface area is 97.0 Å². The molecule has 92 valence electrons. The zero-order valence-corrected chi connectivity index (χ0v) is 10.3. The predicted molar refractivity (Wildman–Crippen MR) is 60.6 cm³/mol. The van der Waals surface area contributed by atoms with Gasteiger partial charge in [-0.1, -0.05) is 12.8 Å². The van der Waals surface area contributed by atoms with Crippen LogP contribution in [0.15, 0.2) is 0 Å². The molecule has 5 heteroatoms. The van der Waals surface area contributed by atoms with Crippen molar-refractivity contribution in [1.29, 1.82) is 0 Å². The van der Waals surface area contributed by atoms with Gasteiger partial charge in [-0.2, -0.15) is 4.31 Å². The summed E-state index contributed by atoms with van der Waals surface area (Å²) in [4.78, 5) is 0. The van der Waals surface area contributed by atoms with Crippen LogP contribution in [0.3, 0.4) is 0 Å². The summed E-state index contributed by atoms with van der Waals surface area (Å²) in [5.41, 5.74) is 0. The third kappa shape index (κ3) is 2.13. The molecular weight excluding hydrogens is 226 g/mol. The molecule has 1 saturated heterocycles. The van der Waals surface area contributed by atoms with Crippen LogP contribution in [0.2, 0.25) is 0 Å². The van der Waals surface area contributed by atoms with Crippen molar-refractivity contribution in [1.82, 2.24) is 4.31 Å². The molecule has 0 aromatic heterocycles. The van der Waals surface area contributed by atoms with Gasteiger partial charge >= 0.3 is 0 Å². The van der Waals surface area contributed by atoms with Gasteiger partial charge < -0.3 is 4.74 Å². The maximum Gasteiger partial charge on any atom is 0.217 e. The van der Waals surface area contributed by atoms with Crippen LogP contribution in [-0.2, 0) is 14.8 Å². The summed E-state index contributed by atoms with van der Waals surface area (Å²) in [5, 5.41) is -0.0766. The molecule has 0 bridgehead atoms. The van der Waals surface area contributed by atoms with E-state index < -0.39 is 10.0 Å². The van der Waals surface area contributed by atoms with Crippen LogP contribution >= 0.6 is 0 Å². The van der Waals surface area contributed by atoms with Crippen molar-refractivity contribution in [3.05, 3.63) is 0 Å². The Kier molecular flexibility index (Phi) is 2.72. The number of rotatable bonds is 4. The lowest BCUT2D eigenvalue weighted by Crippen LogP contribution is -2.49. The minimum Gasteiger partial charge on any atom is -0.378 e. The van der Waals surface area contributed by atoms with E-state index >= 15 is 0 Å². The summed E-state index contributed by atoms with van der Waals surface area (Å²) in [5.74, 6) is 0.753. The minimum absolute atomic E-state index is 0.0766. The number of hydrogen-bond donors (Lipinski definition) is 0. The van der Waals surface area contributed by atoms with E-state index in [-0.39, 0.29) is 11.3 Å². The van der Waals surface area contributed by atoms with Gasteiger partial charge in [0, 0.05) is 12.6 Å². The summed E-state index contributed by atoms with van der Waals surface area (Å²) >= 11 is 0. The summed E-state index contributed by atoms with van der Waals surface area (Å²) < 4.78 is 31.6. The molecule has 1 aliphatic heterocycles. The van der Waals surface area contributed by atoms with Crippen molar-refractivity contribution in [2.24, 2.45) is 5.92 Å². The van der Waals surface area contributed by atoms with Gasteiger partial charge in [-0.05, 0) is 25.2 Å². The van der Waals surface area contributed by atoms with Crippen molar-refractivity contribution in [3.63, 3.8) is 0 Å². The minimum atomic E-state index is -3.00. The van der Waals surface area contributed by atoms with Crippen LogP contribution in [0.5, 0.6) is 0 Å². The van der Waals surface area contributed by atoms with Gasteiger partial charge in [0.15, 0.2) is 0 Å². The van der Waals surface area contributed by atoms with E-state index in [9.17, 15) is 8.42 Å². The molecule has 0 N–H and O–H groups in total. The van der Waals surface area contributed by atoms with Gasteiger partial charge in [0.25, 0.3) is 0 Å². The highest BCUT2D eigenvalue weighted by atomic mass is 32.2. The lowest BCUT2D eigenvalue weighted by molar-refractivity contribution is 0.0276. The topological polar surface area (TPSA) is 46.6 Å². The first-order chi connectivity index (χ1) is 7.68. The van der Waals surface area contributed by atoms with Crippen LogP contribution in [0.4, 0.5) is 0 Å². The highest BCUT2D eigenvalue weighted by molar-refractivity contribution is 7.90. The highest BCUT2D eigenvalue weighted by Crippen LogP contribution is 2.38. The SMILES string of the molecule is O=S(=O)(C1CC1)N1CCOCC1CC1CC1. The zero-order chi connectivity index (χ0) is 11.2. The molecule has 3 rings (SSSR count). The second-order valence-electron chi connectivity index (χ2n) is 5.26. The van der Waals surface area contributed by atoms with E-state index in [2.05, 4.69) is 0 Å². The number of ether oxygens (including phenoxy) is 1. The van der Waals surface area contributed by atoms with Crippen LogP contribution in [0, 0.1) is 5.92 Å². The van der Waals surface area contributed by atoms with E-state index in [4.69, 9.17) is 4.74 Å². The van der Waals surface area contributed by atoms with Gasteiger partial charge in [0.05, 0.1) is 18.5 Å². The highest BCUT2D eigenvalue weighted by Gasteiger charge is 2.44. The van der Waals surface area contributed by atoms with Gasteiger partial charge in [-0.3, -0.25) is 0 Å². The molecule has 1 heterocycles. The molecule has 0 amide bonds. The normalized spacial score (nSPS) is 32.9. The Balaban J connectivity index is 1.73. The molecular formula is C11H19NO3S. The Morgan fingerprint density at radius 2 is 1.94 bits per heavy atom. The first-order valence-electron chi connectivity index (χ1n) is 6.26. The third-order valence-electron chi connectivity index (χ3n) is 3.75. The van der Waals surface area contributed by atoms with Gasteiger partial charge in [-0.25, -0.2) is 8.42 Å². The largest absolute Gasteiger partial charge is 0.378 e. The van der Waals surface area contributed by atoms with Crippen LogP contribution in [0.25, 0.3) is 0 Å². The molecule has 16 heavy (non-hydrogen) atoms. The summed E-state index contributed by atoms with van der Waals surface area (Å²) in [7, 11) is -3.00. The molecule has 1 atom stereocenters. The van der Waals surface area contributed by atoms with Crippen LogP contribution in [0.1, 0.15) is 32.1 Å². The van der Waals surface area contributed by atoms with Crippen molar-refractivity contribution in [3.8, 4) is 0 Å². The Morgan fingerprint density at radius 1 is 1.19 bits per heavy atom. The lowest BCUT2D eigenvalue weighted by Gasteiger charge is -2.34. The molecule has 0 aromatic rings. The number of sulfonamides is 1. The molecule has 3 fully saturated rings. The van der Waals surface area contributed by atoms with Crippen molar-refractivity contribution < 1.29 is 13.2 Å². The van der Waals surface area contributed by atoms with Crippen LogP contribution < -0.4 is 0 Å². The van der Waals surface area contributed by atoms with Gasteiger partial charge in [-0.15, -0.1) is 0 Å². The van der Waals surface area contributed by atoms with Crippen molar-refractivity contribution in [2.45, 2.75) is 43.4 Å².